The summed E-state index contributed by atoms with van der Waals surface area (Å²) in [7, 11) is 0. The normalized spacial score (nSPS) is 24.0. The van der Waals surface area contributed by atoms with E-state index in [1.54, 1.807) is 0 Å². The molecule has 0 fully saturated rings. The standard InChI is InChI=1S/C7H10N3/c1-3-8-4-2-7-6(1)5-9-10-7/h5,8H,1-4H2. The molecule has 0 unspecified atom stereocenters. The van der Waals surface area contributed by atoms with Gasteiger partial charge in [-0.3, -0.25) is 0 Å². The predicted octanol–water partition coefficient (Wildman–Crippen LogP) is 0.228. The topological polar surface area (TPSA) is 38.5 Å². The summed E-state index contributed by atoms with van der Waals surface area (Å²) in [6.45, 7) is 2.12. The summed E-state index contributed by atoms with van der Waals surface area (Å²) in [5.74, 6) is 0. The van der Waals surface area contributed by atoms with Gasteiger partial charge in [-0.25, -0.2) is 0 Å². The molecule has 0 amide bonds. The van der Waals surface area contributed by atoms with Crippen molar-refractivity contribution < 1.29 is 0 Å². The SMILES string of the molecule is C1=N[N]C2=C1CCNCC2. The highest BCUT2D eigenvalue weighted by molar-refractivity contribution is 5.81. The highest BCUT2D eigenvalue weighted by atomic mass is 15.3. The van der Waals surface area contributed by atoms with Crippen LogP contribution in [0.25, 0.3) is 0 Å². The first-order valence-corrected chi connectivity index (χ1v) is 3.63. The van der Waals surface area contributed by atoms with Gasteiger partial charge in [0.1, 0.15) is 0 Å². The second kappa shape index (κ2) is 2.42. The predicted molar refractivity (Wildman–Crippen MR) is 39.8 cm³/mol. The zero-order valence-electron chi connectivity index (χ0n) is 5.80. The monoisotopic (exact) mass is 136 g/mol. The van der Waals surface area contributed by atoms with Crippen molar-refractivity contribution in [2.24, 2.45) is 5.10 Å². The van der Waals surface area contributed by atoms with Crippen LogP contribution in [0.5, 0.6) is 0 Å². The summed E-state index contributed by atoms with van der Waals surface area (Å²) in [4.78, 5) is 0. The highest BCUT2D eigenvalue weighted by Gasteiger charge is 2.13. The maximum Gasteiger partial charge on any atom is 0.0691 e. The summed E-state index contributed by atoms with van der Waals surface area (Å²) in [5, 5.41) is 7.18. The Balaban J connectivity index is 2.16. The van der Waals surface area contributed by atoms with Crippen LogP contribution in [0.15, 0.2) is 16.4 Å². The maximum atomic E-state index is 4.03. The van der Waals surface area contributed by atoms with Gasteiger partial charge in [0.2, 0.25) is 0 Å². The number of nitrogens with one attached hydrogen (secondary N) is 1. The molecule has 0 aromatic rings. The van der Waals surface area contributed by atoms with E-state index >= 15 is 0 Å². The van der Waals surface area contributed by atoms with Gasteiger partial charge in [0.15, 0.2) is 0 Å². The Morgan fingerprint density at radius 3 is 3.20 bits per heavy atom. The molecule has 1 radical (unpaired) electrons. The van der Waals surface area contributed by atoms with Crippen molar-refractivity contribution >= 4 is 6.21 Å². The number of hydrogen-bond acceptors (Lipinski definition) is 2. The van der Waals surface area contributed by atoms with Crippen LogP contribution in [0.4, 0.5) is 0 Å². The van der Waals surface area contributed by atoms with Gasteiger partial charge < -0.3 is 5.32 Å². The first kappa shape index (κ1) is 5.92. The molecule has 2 heterocycles. The molecule has 3 nitrogen and oxygen atoms in total. The van der Waals surface area contributed by atoms with Gasteiger partial charge in [-0.05, 0) is 18.5 Å². The minimum Gasteiger partial charge on any atom is -0.316 e. The first-order chi connectivity index (χ1) is 4.97. The lowest BCUT2D eigenvalue weighted by atomic mass is 10.1. The molecule has 0 atom stereocenters. The van der Waals surface area contributed by atoms with Crippen LogP contribution in [-0.4, -0.2) is 19.3 Å². The fourth-order valence-electron chi connectivity index (χ4n) is 1.28. The van der Waals surface area contributed by atoms with E-state index < -0.39 is 0 Å². The average molecular weight is 136 g/mol. The van der Waals surface area contributed by atoms with Gasteiger partial charge in [-0.1, -0.05) is 0 Å². The van der Waals surface area contributed by atoms with Gasteiger partial charge in [0.05, 0.1) is 11.9 Å². The number of rotatable bonds is 0. The molecule has 2 rings (SSSR count). The Labute approximate surface area is 60.2 Å². The quantitative estimate of drug-likeness (QED) is 0.508. The van der Waals surface area contributed by atoms with Crippen molar-refractivity contribution in [2.75, 3.05) is 13.1 Å². The molecule has 0 spiro atoms. The van der Waals surface area contributed by atoms with Crippen molar-refractivity contribution in [3.63, 3.8) is 0 Å². The molecule has 0 aromatic heterocycles. The molecular weight excluding hydrogens is 126 g/mol. The van der Waals surface area contributed by atoms with E-state index in [4.69, 9.17) is 0 Å². The summed E-state index contributed by atoms with van der Waals surface area (Å²) in [6.07, 6.45) is 4.00. The van der Waals surface area contributed by atoms with Gasteiger partial charge in [0, 0.05) is 13.0 Å². The molecule has 0 saturated carbocycles. The van der Waals surface area contributed by atoms with Crippen molar-refractivity contribution in [3.05, 3.63) is 11.3 Å². The zero-order chi connectivity index (χ0) is 6.81. The van der Waals surface area contributed by atoms with Crippen molar-refractivity contribution in [2.45, 2.75) is 12.8 Å². The molecule has 0 bridgehead atoms. The lowest BCUT2D eigenvalue weighted by molar-refractivity contribution is 0.689. The van der Waals surface area contributed by atoms with Gasteiger partial charge in [0.25, 0.3) is 0 Å². The molecule has 10 heavy (non-hydrogen) atoms. The van der Waals surface area contributed by atoms with E-state index in [2.05, 4.69) is 15.8 Å². The van der Waals surface area contributed by atoms with E-state index in [-0.39, 0.29) is 0 Å². The average Bonchev–Trinajstić information content (AvgIpc) is 2.28. The summed E-state index contributed by atoms with van der Waals surface area (Å²) in [5.41, 5.74) is 6.54. The highest BCUT2D eigenvalue weighted by Crippen LogP contribution is 2.15. The Morgan fingerprint density at radius 2 is 2.20 bits per heavy atom. The molecule has 53 valence electrons. The van der Waals surface area contributed by atoms with Gasteiger partial charge in [-0.15, -0.1) is 0 Å². The van der Waals surface area contributed by atoms with Crippen LogP contribution in [0.2, 0.25) is 0 Å². The molecular formula is C7H10N3. The zero-order valence-corrected chi connectivity index (χ0v) is 5.80. The van der Waals surface area contributed by atoms with Crippen LogP contribution < -0.4 is 10.7 Å². The Morgan fingerprint density at radius 1 is 1.30 bits per heavy atom. The molecule has 1 N–H and O–H groups in total. The summed E-state index contributed by atoms with van der Waals surface area (Å²) >= 11 is 0. The van der Waals surface area contributed by atoms with E-state index in [0.717, 1.165) is 25.9 Å². The van der Waals surface area contributed by atoms with Crippen molar-refractivity contribution in [1.29, 1.82) is 0 Å². The largest absolute Gasteiger partial charge is 0.316 e. The molecule has 0 aliphatic carbocycles. The lowest BCUT2D eigenvalue weighted by Crippen LogP contribution is -2.15. The Kier molecular flexibility index (Phi) is 1.43. The third kappa shape index (κ3) is 0.926. The second-order valence-electron chi connectivity index (χ2n) is 2.57. The minimum atomic E-state index is 1.04. The van der Waals surface area contributed by atoms with Crippen LogP contribution in [0, 0.1) is 0 Å². The Bertz CT molecular complexity index is 193. The van der Waals surface area contributed by atoms with Crippen LogP contribution in [0.3, 0.4) is 0 Å². The molecule has 2 aliphatic rings. The van der Waals surface area contributed by atoms with E-state index in [1.807, 2.05) is 6.21 Å². The molecule has 0 aromatic carbocycles. The lowest BCUT2D eigenvalue weighted by Gasteiger charge is -1.96. The van der Waals surface area contributed by atoms with Crippen LogP contribution >= 0.6 is 0 Å². The van der Waals surface area contributed by atoms with E-state index in [0.29, 0.717) is 0 Å². The number of hydrogen-bond donors (Lipinski definition) is 1. The second-order valence-corrected chi connectivity index (χ2v) is 2.57. The van der Waals surface area contributed by atoms with Crippen LogP contribution in [0.1, 0.15) is 12.8 Å². The third-order valence-electron chi connectivity index (χ3n) is 1.87. The Hall–Kier alpha value is -0.830. The molecule has 2 aliphatic heterocycles. The summed E-state index contributed by atoms with van der Waals surface area (Å²) < 4.78 is 0. The smallest absolute Gasteiger partial charge is 0.0691 e. The van der Waals surface area contributed by atoms with Crippen molar-refractivity contribution in [3.8, 4) is 0 Å². The fourth-order valence-corrected chi connectivity index (χ4v) is 1.28. The fraction of sp³-hybridized carbons (Fsp3) is 0.571. The number of nitrogens with zero attached hydrogens (tertiary/aromatic N) is 2. The summed E-state index contributed by atoms with van der Waals surface area (Å²) in [6, 6.07) is 0. The van der Waals surface area contributed by atoms with Crippen molar-refractivity contribution in [1.82, 2.24) is 10.7 Å². The maximum absolute atomic E-state index is 4.03. The van der Waals surface area contributed by atoms with Gasteiger partial charge in [-0.2, -0.15) is 10.5 Å². The van der Waals surface area contributed by atoms with E-state index in [9.17, 15) is 0 Å². The van der Waals surface area contributed by atoms with Gasteiger partial charge >= 0.3 is 0 Å². The third-order valence-corrected chi connectivity index (χ3v) is 1.87. The first-order valence-electron chi connectivity index (χ1n) is 3.63. The minimum absolute atomic E-state index is 1.04. The molecule has 0 saturated heterocycles. The van der Waals surface area contributed by atoms with Crippen LogP contribution in [-0.2, 0) is 0 Å². The molecule has 3 heteroatoms. The van der Waals surface area contributed by atoms with E-state index in [1.165, 1.54) is 11.3 Å².